The standard InChI is InChI=1S/C38H25N3.C26H17NO.C12H12N2/c1-2-14-32(15-3-1)41-36-19-9-8-18-35(36)40-38(41)31-23-29(28-13-10-20-39-25-28)22-30(24-31)37-33-16-6-4-11-26(33)21-27-12-5-7-17-34(27)37;28-17-18-12-22(21-8-5-11-27-16-21)15-23(13-18)26-24-9-3-1-6-19(24)14-20-7-2-4-10-25(20)26;13-11-8-4-5-9-12(11)14-10-6-2-1-3-7-10/h1-25H;1-17H;1-9,14H,13H2. The Kier molecular flexibility index (Phi) is 14.3. The quantitative estimate of drug-likeness (QED) is 0.0849. The fourth-order valence-electron chi connectivity index (χ4n) is 11.2. The zero-order valence-corrected chi connectivity index (χ0v) is 45.2. The maximum Gasteiger partial charge on any atom is 0.150 e. The van der Waals surface area contributed by atoms with Gasteiger partial charge in [0.15, 0.2) is 0 Å². The molecule has 0 unspecified atom stereocenters. The van der Waals surface area contributed by atoms with E-state index in [1.165, 1.54) is 48.7 Å². The van der Waals surface area contributed by atoms with Gasteiger partial charge in [-0.25, -0.2) is 4.98 Å². The molecule has 0 saturated carbocycles. The molecule has 3 aromatic heterocycles. The van der Waals surface area contributed by atoms with E-state index in [1.807, 2.05) is 110 Å². The van der Waals surface area contributed by atoms with Crippen LogP contribution in [0.1, 0.15) is 10.4 Å². The van der Waals surface area contributed by atoms with Crippen molar-refractivity contribution in [3.63, 3.8) is 0 Å². The number of nitrogen functional groups attached to an aromatic ring is 1. The Balaban J connectivity index is 0.000000132. The third-order valence-corrected chi connectivity index (χ3v) is 15.0. The van der Waals surface area contributed by atoms with Crippen LogP contribution in [-0.2, 0) is 0 Å². The predicted octanol–water partition coefficient (Wildman–Crippen LogP) is 19.3. The minimum Gasteiger partial charge on any atom is -0.397 e. The average molecular weight is 1070 g/mol. The number of imidazole rings is 1. The van der Waals surface area contributed by atoms with Gasteiger partial charge >= 0.3 is 0 Å². The van der Waals surface area contributed by atoms with Crippen molar-refractivity contribution in [2.45, 2.75) is 0 Å². The van der Waals surface area contributed by atoms with Crippen molar-refractivity contribution >= 4 is 77.5 Å². The van der Waals surface area contributed by atoms with E-state index in [2.05, 4.69) is 208 Å². The Bertz CT molecular complexity index is 4690. The number of fused-ring (bicyclic) bond motifs is 5. The molecular weight excluding hydrogens is 1010 g/mol. The number of hydrogen-bond acceptors (Lipinski definition) is 6. The zero-order chi connectivity index (χ0) is 55.9. The number of pyridine rings is 2. The SMILES string of the molecule is Nc1ccccc1Nc1ccccc1.O=Cc1cc(-c2cccnc2)cc(-c2c3ccccc3cc3ccccc23)c1.c1ccc(-n2c(-c3cc(-c4cccnc4)cc(-c4c5ccccc5cc5ccccc45)c3)nc3ccccc32)cc1. The van der Waals surface area contributed by atoms with E-state index >= 15 is 0 Å². The molecule has 0 saturated heterocycles. The van der Waals surface area contributed by atoms with E-state index in [4.69, 9.17) is 10.7 Å². The van der Waals surface area contributed by atoms with Crippen molar-refractivity contribution in [1.29, 1.82) is 0 Å². The van der Waals surface area contributed by atoms with Gasteiger partial charge < -0.3 is 11.1 Å². The van der Waals surface area contributed by atoms with Gasteiger partial charge in [-0.15, -0.1) is 0 Å². The fourth-order valence-corrected chi connectivity index (χ4v) is 11.2. The summed E-state index contributed by atoms with van der Waals surface area (Å²) in [5.74, 6) is 0.911. The number of nitrogens with zero attached hydrogens (tertiary/aromatic N) is 4. The molecular formula is C76H54N6O. The highest BCUT2D eigenvalue weighted by Crippen LogP contribution is 2.42. The van der Waals surface area contributed by atoms with Crippen molar-refractivity contribution in [1.82, 2.24) is 19.5 Å². The molecule has 0 aliphatic rings. The number of rotatable bonds is 9. The predicted molar refractivity (Wildman–Crippen MR) is 346 cm³/mol. The van der Waals surface area contributed by atoms with Crippen molar-refractivity contribution < 1.29 is 4.79 Å². The van der Waals surface area contributed by atoms with Gasteiger partial charge in [0.05, 0.1) is 22.4 Å². The Labute approximate surface area is 481 Å². The van der Waals surface area contributed by atoms with Crippen molar-refractivity contribution in [3.8, 4) is 61.6 Å². The van der Waals surface area contributed by atoms with E-state index in [-0.39, 0.29) is 0 Å². The number of anilines is 3. The maximum absolute atomic E-state index is 11.7. The van der Waals surface area contributed by atoms with E-state index in [9.17, 15) is 4.79 Å². The van der Waals surface area contributed by atoms with Crippen LogP contribution in [0.4, 0.5) is 17.1 Å². The molecule has 0 amide bonds. The summed E-state index contributed by atoms with van der Waals surface area (Å²) in [6, 6.07) is 96.1. The minimum absolute atomic E-state index is 0.661. The highest BCUT2D eigenvalue weighted by atomic mass is 16.1. The number of nitrogens with two attached hydrogens (primary N) is 1. The lowest BCUT2D eigenvalue weighted by Crippen LogP contribution is -1.98. The highest BCUT2D eigenvalue weighted by Gasteiger charge is 2.19. The molecule has 15 rings (SSSR count). The molecule has 7 heteroatoms. The van der Waals surface area contributed by atoms with Gasteiger partial charge in [0.2, 0.25) is 0 Å². The number of hydrogen-bond donors (Lipinski definition) is 2. The molecule has 3 heterocycles. The first kappa shape index (κ1) is 51.2. The van der Waals surface area contributed by atoms with E-state index in [1.54, 1.807) is 6.20 Å². The summed E-state index contributed by atoms with van der Waals surface area (Å²) < 4.78 is 2.27. The largest absolute Gasteiger partial charge is 0.397 e. The maximum atomic E-state index is 11.7. The lowest BCUT2D eigenvalue weighted by molar-refractivity contribution is 0.112. The van der Waals surface area contributed by atoms with Crippen LogP contribution in [0.2, 0.25) is 0 Å². The molecule has 12 aromatic carbocycles. The smallest absolute Gasteiger partial charge is 0.150 e. The molecule has 394 valence electrons. The van der Waals surface area contributed by atoms with Crippen LogP contribution in [0.3, 0.4) is 0 Å². The van der Waals surface area contributed by atoms with Crippen molar-refractivity contribution in [3.05, 3.63) is 309 Å². The fraction of sp³-hybridized carbons (Fsp3) is 0. The highest BCUT2D eigenvalue weighted by molar-refractivity contribution is 6.14. The molecule has 15 aromatic rings. The third-order valence-electron chi connectivity index (χ3n) is 15.0. The summed E-state index contributed by atoms with van der Waals surface area (Å²) in [4.78, 5) is 25.6. The van der Waals surface area contributed by atoms with Crippen LogP contribution in [0.15, 0.2) is 304 Å². The monoisotopic (exact) mass is 1070 g/mol. The number of aromatic nitrogens is 4. The number of aldehydes is 1. The molecule has 0 radical (unpaired) electrons. The average Bonchev–Trinajstić information content (AvgIpc) is 4.07. The normalized spacial score (nSPS) is 11.0. The summed E-state index contributed by atoms with van der Waals surface area (Å²) in [7, 11) is 0. The first-order chi connectivity index (χ1) is 41.0. The first-order valence-electron chi connectivity index (χ1n) is 27.6. The molecule has 7 nitrogen and oxygen atoms in total. The van der Waals surface area contributed by atoms with Crippen molar-refractivity contribution in [2.75, 3.05) is 11.1 Å². The molecule has 3 N–H and O–H groups in total. The van der Waals surface area contributed by atoms with Gasteiger partial charge in [0, 0.05) is 58.4 Å². The number of carbonyl (C=O) groups excluding carboxylic acids is 1. The van der Waals surface area contributed by atoms with Crippen molar-refractivity contribution in [2.24, 2.45) is 0 Å². The Morgan fingerprint density at radius 3 is 1.37 bits per heavy atom. The summed E-state index contributed by atoms with van der Waals surface area (Å²) in [5.41, 5.74) is 22.1. The van der Waals surface area contributed by atoms with Gasteiger partial charge in [-0.1, -0.05) is 170 Å². The molecule has 83 heavy (non-hydrogen) atoms. The van der Waals surface area contributed by atoms with Crippen LogP contribution in [0.5, 0.6) is 0 Å². The third kappa shape index (κ3) is 10.7. The lowest BCUT2D eigenvalue weighted by Gasteiger charge is -2.16. The summed E-state index contributed by atoms with van der Waals surface area (Å²) in [5, 5.41) is 12.9. The van der Waals surface area contributed by atoms with E-state index < -0.39 is 0 Å². The lowest BCUT2D eigenvalue weighted by atomic mass is 9.89. The van der Waals surface area contributed by atoms with E-state index in [0.29, 0.717) is 5.56 Å². The molecule has 0 fully saturated rings. The van der Waals surface area contributed by atoms with Gasteiger partial charge in [-0.2, -0.15) is 0 Å². The van der Waals surface area contributed by atoms with Crippen LogP contribution < -0.4 is 11.1 Å². The van der Waals surface area contributed by atoms with Gasteiger partial charge in [-0.05, 0) is 186 Å². The number of carbonyl (C=O) groups is 1. The van der Waals surface area contributed by atoms with Crippen LogP contribution in [-0.4, -0.2) is 25.8 Å². The second-order valence-electron chi connectivity index (χ2n) is 20.3. The van der Waals surface area contributed by atoms with Crippen LogP contribution in [0, 0.1) is 0 Å². The summed E-state index contributed by atoms with van der Waals surface area (Å²) in [6.45, 7) is 0. The van der Waals surface area contributed by atoms with Gasteiger partial charge in [-0.3, -0.25) is 19.3 Å². The topological polar surface area (TPSA) is 98.7 Å². The van der Waals surface area contributed by atoms with Gasteiger partial charge in [0.25, 0.3) is 0 Å². The summed E-state index contributed by atoms with van der Waals surface area (Å²) in [6.07, 6.45) is 8.25. The zero-order valence-electron chi connectivity index (χ0n) is 45.2. The van der Waals surface area contributed by atoms with E-state index in [0.717, 1.165) is 90.4 Å². The first-order valence-corrected chi connectivity index (χ1v) is 27.6. The molecule has 0 aliphatic heterocycles. The molecule has 0 aliphatic carbocycles. The number of para-hydroxylation sites is 6. The number of nitrogens with one attached hydrogen (secondary N) is 1. The second-order valence-corrected chi connectivity index (χ2v) is 20.3. The Morgan fingerprint density at radius 1 is 0.386 bits per heavy atom. The van der Waals surface area contributed by atoms with Gasteiger partial charge in [0.1, 0.15) is 12.1 Å². The van der Waals surface area contributed by atoms with Crippen LogP contribution >= 0.6 is 0 Å². The molecule has 0 bridgehead atoms. The molecule has 0 spiro atoms. The Morgan fingerprint density at radius 2 is 0.831 bits per heavy atom. The molecule has 0 atom stereocenters. The second kappa shape index (κ2) is 23.2. The minimum atomic E-state index is 0.661. The number of benzene rings is 12. The Hall–Kier alpha value is -11.3. The summed E-state index contributed by atoms with van der Waals surface area (Å²) >= 11 is 0. The van der Waals surface area contributed by atoms with Crippen LogP contribution in [0.25, 0.3) is 116 Å².